The number of barbiturate groups is 1. The van der Waals surface area contributed by atoms with Gasteiger partial charge in [0.25, 0.3) is 11.8 Å². The molecule has 0 spiro atoms. The lowest BCUT2D eigenvalue weighted by Crippen LogP contribution is -2.57. The molecule has 0 unspecified atom stereocenters. The Morgan fingerprint density at radius 2 is 2.00 bits per heavy atom. The summed E-state index contributed by atoms with van der Waals surface area (Å²) in [6.45, 7) is -0.463. The van der Waals surface area contributed by atoms with Crippen LogP contribution in [0.15, 0.2) is 23.8 Å². The zero-order chi connectivity index (χ0) is 19.6. The van der Waals surface area contributed by atoms with Crippen molar-refractivity contribution in [3.05, 3.63) is 32.9 Å². The monoisotopic (exact) mass is 484 g/mol. The van der Waals surface area contributed by atoms with Gasteiger partial charge >= 0.3 is 12.0 Å². The first kappa shape index (κ1) is 19.3. The Morgan fingerprint density at radius 3 is 2.63 bits per heavy atom. The van der Waals surface area contributed by atoms with Gasteiger partial charge in [-0.05, 0) is 59.2 Å². The summed E-state index contributed by atoms with van der Waals surface area (Å²) in [6.07, 6.45) is 4.81. The summed E-state index contributed by atoms with van der Waals surface area (Å²) in [5, 5.41) is 10.9. The summed E-state index contributed by atoms with van der Waals surface area (Å²) < 4.78 is 5.79. The Morgan fingerprint density at radius 1 is 1.30 bits per heavy atom. The van der Waals surface area contributed by atoms with E-state index in [1.807, 2.05) is 22.6 Å². The number of carboxylic acid groups (broad SMARTS) is 1. The first-order valence-corrected chi connectivity index (χ1v) is 9.49. The number of carbonyl (C=O) groups excluding carboxylic acids is 3. The van der Waals surface area contributed by atoms with Crippen molar-refractivity contribution >= 4 is 52.5 Å². The van der Waals surface area contributed by atoms with E-state index in [1.165, 1.54) is 6.08 Å². The molecular formula is C18H17IN2O6. The van der Waals surface area contributed by atoms with E-state index in [0.29, 0.717) is 14.9 Å². The Labute approximate surface area is 168 Å². The van der Waals surface area contributed by atoms with Gasteiger partial charge in [0.15, 0.2) is 6.61 Å². The number of carbonyl (C=O) groups is 4. The van der Waals surface area contributed by atoms with E-state index in [0.717, 1.165) is 30.6 Å². The smallest absolute Gasteiger partial charge is 0.341 e. The molecule has 1 saturated heterocycles. The van der Waals surface area contributed by atoms with Gasteiger partial charge in [-0.25, -0.2) is 9.59 Å². The molecule has 3 rings (SSSR count). The molecule has 1 saturated carbocycles. The lowest BCUT2D eigenvalue weighted by Gasteiger charge is -2.31. The largest absolute Gasteiger partial charge is 0.481 e. The molecule has 1 aliphatic carbocycles. The minimum absolute atomic E-state index is 0.100. The van der Waals surface area contributed by atoms with E-state index in [1.54, 1.807) is 18.2 Å². The molecule has 8 nitrogen and oxygen atoms in total. The summed E-state index contributed by atoms with van der Waals surface area (Å²) in [6, 6.07) is 4.01. The molecule has 0 atom stereocenters. The van der Waals surface area contributed by atoms with Crippen molar-refractivity contribution in [3.63, 3.8) is 0 Å². The highest BCUT2D eigenvalue weighted by molar-refractivity contribution is 14.1. The van der Waals surface area contributed by atoms with Crippen molar-refractivity contribution < 1.29 is 29.0 Å². The number of urea groups is 1. The summed E-state index contributed by atoms with van der Waals surface area (Å²) in [7, 11) is 0. The quantitative estimate of drug-likeness (QED) is 0.377. The lowest BCUT2D eigenvalue weighted by atomic mass is 10.1. The molecule has 1 aromatic rings. The molecule has 2 aliphatic rings. The topological polar surface area (TPSA) is 113 Å². The Bertz CT molecular complexity index is 844. The van der Waals surface area contributed by atoms with Gasteiger partial charge in [-0.3, -0.25) is 19.8 Å². The summed E-state index contributed by atoms with van der Waals surface area (Å²) in [5.41, 5.74) is 0.470. The average molecular weight is 484 g/mol. The minimum Gasteiger partial charge on any atom is -0.481 e. The van der Waals surface area contributed by atoms with E-state index >= 15 is 0 Å². The average Bonchev–Trinajstić information content (AvgIpc) is 3.11. The van der Waals surface area contributed by atoms with E-state index in [-0.39, 0.29) is 11.6 Å². The molecule has 27 heavy (non-hydrogen) atoms. The SMILES string of the molecule is O=C(O)COc1ccc(/C=C2\C(=O)NC(=O)N(C3CCCC3)C2=O)cc1I. The zero-order valence-electron chi connectivity index (χ0n) is 14.2. The van der Waals surface area contributed by atoms with Crippen LogP contribution in [0.1, 0.15) is 31.2 Å². The number of amides is 4. The highest BCUT2D eigenvalue weighted by Crippen LogP contribution is 2.28. The van der Waals surface area contributed by atoms with Crippen molar-refractivity contribution in [1.29, 1.82) is 0 Å². The fraction of sp³-hybridized carbons (Fsp3) is 0.333. The highest BCUT2D eigenvalue weighted by Gasteiger charge is 2.40. The van der Waals surface area contributed by atoms with Crippen molar-refractivity contribution in [2.75, 3.05) is 6.61 Å². The standard InChI is InChI=1S/C18H17IN2O6/c19-13-8-10(5-6-14(13)27-9-15(22)23)7-12-16(24)20-18(26)21(17(12)25)11-3-1-2-4-11/h5-8,11H,1-4,9H2,(H,22,23)(H,20,24,26)/b12-7+. The first-order valence-electron chi connectivity index (χ1n) is 8.41. The van der Waals surface area contributed by atoms with Gasteiger partial charge < -0.3 is 9.84 Å². The van der Waals surface area contributed by atoms with Gasteiger partial charge in [-0.15, -0.1) is 0 Å². The van der Waals surface area contributed by atoms with Gasteiger partial charge in [0, 0.05) is 6.04 Å². The van der Waals surface area contributed by atoms with Gasteiger partial charge in [0.2, 0.25) is 0 Å². The molecule has 0 aromatic heterocycles. The molecule has 1 aliphatic heterocycles. The maximum absolute atomic E-state index is 12.8. The normalized spacial score (nSPS) is 19.5. The third kappa shape index (κ3) is 4.29. The van der Waals surface area contributed by atoms with Crippen molar-refractivity contribution in [1.82, 2.24) is 10.2 Å². The number of halogens is 1. The number of carboxylic acids is 1. The predicted octanol–water partition coefficient (Wildman–Crippen LogP) is 2.16. The van der Waals surface area contributed by atoms with Gasteiger partial charge in [0.1, 0.15) is 11.3 Å². The molecule has 0 radical (unpaired) electrons. The Kier molecular flexibility index (Phi) is 5.78. The van der Waals surface area contributed by atoms with E-state index in [2.05, 4.69) is 5.32 Å². The van der Waals surface area contributed by atoms with Crippen LogP contribution in [0.25, 0.3) is 6.08 Å². The highest BCUT2D eigenvalue weighted by atomic mass is 127. The second-order valence-electron chi connectivity index (χ2n) is 6.30. The van der Waals surface area contributed by atoms with E-state index in [9.17, 15) is 19.2 Å². The number of rotatable bonds is 5. The number of benzene rings is 1. The molecule has 1 heterocycles. The van der Waals surface area contributed by atoms with E-state index < -0.39 is 30.4 Å². The van der Waals surface area contributed by atoms with Crippen LogP contribution in [0.4, 0.5) is 4.79 Å². The van der Waals surface area contributed by atoms with Crippen LogP contribution >= 0.6 is 22.6 Å². The molecule has 0 bridgehead atoms. The summed E-state index contributed by atoms with van der Waals surface area (Å²) >= 11 is 1.98. The third-order valence-corrected chi connectivity index (χ3v) is 5.28. The molecule has 142 valence electrons. The summed E-state index contributed by atoms with van der Waals surface area (Å²) in [4.78, 5) is 48.8. The van der Waals surface area contributed by atoms with Crippen LogP contribution in [0.2, 0.25) is 0 Å². The number of nitrogens with one attached hydrogen (secondary N) is 1. The molecule has 2 fully saturated rings. The maximum Gasteiger partial charge on any atom is 0.341 e. The van der Waals surface area contributed by atoms with Crippen LogP contribution in [-0.4, -0.2) is 46.5 Å². The molecule has 1 aromatic carbocycles. The Balaban J connectivity index is 1.85. The predicted molar refractivity (Wildman–Crippen MR) is 103 cm³/mol. The molecular weight excluding hydrogens is 467 g/mol. The number of imide groups is 2. The molecule has 2 N–H and O–H groups in total. The summed E-state index contributed by atoms with van der Waals surface area (Å²) in [5.74, 6) is -2.00. The Hall–Kier alpha value is -2.43. The lowest BCUT2D eigenvalue weighted by molar-refractivity contribution is -0.139. The number of aliphatic carboxylic acids is 1. The van der Waals surface area contributed by atoms with Crippen LogP contribution in [-0.2, 0) is 14.4 Å². The van der Waals surface area contributed by atoms with Gasteiger partial charge in [-0.1, -0.05) is 18.9 Å². The van der Waals surface area contributed by atoms with Crippen molar-refractivity contribution in [2.45, 2.75) is 31.7 Å². The second kappa shape index (κ2) is 8.07. The fourth-order valence-electron chi connectivity index (χ4n) is 3.20. The fourth-order valence-corrected chi connectivity index (χ4v) is 3.89. The van der Waals surface area contributed by atoms with E-state index in [4.69, 9.17) is 9.84 Å². The van der Waals surface area contributed by atoms with Crippen LogP contribution < -0.4 is 10.1 Å². The minimum atomic E-state index is -1.09. The van der Waals surface area contributed by atoms with Crippen molar-refractivity contribution in [2.24, 2.45) is 0 Å². The van der Waals surface area contributed by atoms with Crippen molar-refractivity contribution in [3.8, 4) is 5.75 Å². The van der Waals surface area contributed by atoms with Crippen LogP contribution in [0.3, 0.4) is 0 Å². The third-order valence-electron chi connectivity index (χ3n) is 4.44. The number of nitrogens with zero attached hydrogens (tertiary/aromatic N) is 1. The van der Waals surface area contributed by atoms with Gasteiger partial charge in [-0.2, -0.15) is 0 Å². The van der Waals surface area contributed by atoms with Crippen LogP contribution in [0, 0.1) is 3.57 Å². The number of hydrogen-bond acceptors (Lipinski definition) is 5. The second-order valence-corrected chi connectivity index (χ2v) is 7.47. The van der Waals surface area contributed by atoms with Gasteiger partial charge in [0.05, 0.1) is 3.57 Å². The molecule has 4 amide bonds. The number of hydrogen-bond donors (Lipinski definition) is 2. The number of ether oxygens (including phenoxy) is 1. The van der Waals surface area contributed by atoms with Crippen LogP contribution in [0.5, 0.6) is 5.75 Å². The maximum atomic E-state index is 12.8. The first-order chi connectivity index (χ1) is 12.9. The zero-order valence-corrected chi connectivity index (χ0v) is 16.4. The molecule has 9 heteroatoms.